The van der Waals surface area contributed by atoms with E-state index in [-0.39, 0.29) is 6.15 Å². The minimum absolute atomic E-state index is 0. The maximum atomic E-state index is 9.24. The zero-order valence-electron chi connectivity index (χ0n) is 2.96. The van der Waals surface area contributed by atoms with Crippen molar-refractivity contribution in [2.45, 2.75) is 0 Å². The summed E-state index contributed by atoms with van der Waals surface area (Å²) in [6.45, 7) is 0. The summed E-state index contributed by atoms with van der Waals surface area (Å²) in [6, 6.07) is 0. The molecule has 0 aliphatic carbocycles. The van der Waals surface area contributed by atoms with Crippen LogP contribution in [0.1, 0.15) is 0 Å². The molecule has 0 aromatic rings. The summed E-state index contributed by atoms with van der Waals surface area (Å²) in [5.74, 6) is 0. The molecule has 1 unspecified atom stereocenters. The molecule has 0 heterocycles. The monoisotopic (exact) mass is 149 g/mol. The van der Waals surface area contributed by atoms with Crippen molar-refractivity contribution in [3.8, 4) is 0 Å². The van der Waals surface area contributed by atoms with Crippen LogP contribution in [0.3, 0.4) is 0 Å². The van der Waals surface area contributed by atoms with Crippen molar-refractivity contribution in [1.29, 1.82) is 0 Å². The molecule has 0 saturated heterocycles. The Hall–Kier alpha value is 0.534. The molecule has 0 amide bonds. The fourth-order valence-electron chi connectivity index (χ4n) is 0. The zero-order chi connectivity index (χ0) is 4.28. The van der Waals surface area contributed by atoms with Gasteiger partial charge in [0.2, 0.25) is 0 Å². The molecule has 0 aromatic carbocycles. The first-order chi connectivity index (χ1) is 2.27. The minimum atomic E-state index is -3.24. The molecule has 0 aliphatic heterocycles. The first kappa shape index (κ1) is 9.73. The Balaban J connectivity index is 0. The second-order valence-corrected chi connectivity index (χ2v) is 2.23. The Morgan fingerprint density at radius 1 is 1.50 bits per heavy atom. The molecule has 0 spiro atoms. The molecule has 0 saturated carbocycles. The van der Waals surface area contributed by atoms with Crippen LogP contribution >= 0.6 is 9.47 Å². The predicted octanol–water partition coefficient (Wildman–Crippen LogP) is 0.179. The van der Waals surface area contributed by atoms with Crippen LogP contribution in [0, 0.1) is 0 Å². The average molecular weight is 149 g/mol. The molecule has 0 aromatic heterocycles. The summed E-state index contributed by atoms with van der Waals surface area (Å²) in [7, 11) is 1.63. The third kappa shape index (κ3) is 8.82. The van der Waals surface area contributed by atoms with Gasteiger partial charge in [-0.3, -0.25) is 0 Å². The molecule has 0 aliphatic rings. The van der Waals surface area contributed by atoms with E-state index in [1.54, 1.807) is 9.47 Å². The van der Waals surface area contributed by atoms with Gasteiger partial charge in [-0.2, -0.15) is 0 Å². The molecule has 6 heteroatoms. The molecule has 6 heavy (non-hydrogen) atoms. The van der Waals surface area contributed by atoms with Gasteiger partial charge in [-0.05, 0) is 0 Å². The third-order valence-electron chi connectivity index (χ3n) is 0.0861. The fourth-order valence-corrected chi connectivity index (χ4v) is 0. The van der Waals surface area contributed by atoms with Gasteiger partial charge in [0.1, 0.15) is 0 Å². The third-order valence-corrected chi connectivity index (χ3v) is 1.06. The fraction of sp³-hybridized carbons (Fsp3) is 0. The first-order valence-electron chi connectivity index (χ1n) is 0.783. The first-order valence-corrected chi connectivity index (χ1v) is 2.97. The van der Waals surface area contributed by atoms with E-state index in [0.29, 0.717) is 0 Å². The van der Waals surface area contributed by atoms with Crippen molar-refractivity contribution in [3.05, 3.63) is 0 Å². The number of hydrogen-bond acceptors (Lipinski definition) is 4. The van der Waals surface area contributed by atoms with Crippen molar-refractivity contribution in [2.75, 3.05) is 0 Å². The van der Waals surface area contributed by atoms with Gasteiger partial charge in [0.05, 0.1) is 0 Å². The van der Waals surface area contributed by atoms with E-state index in [1.807, 2.05) is 0 Å². The second-order valence-electron chi connectivity index (χ2n) is 0.329. The second kappa shape index (κ2) is 5.53. The van der Waals surface area contributed by atoms with E-state index in [2.05, 4.69) is 3.45 Å². The van der Waals surface area contributed by atoms with Crippen LogP contribution in [0.4, 0.5) is 0 Å². The zero-order valence-corrected chi connectivity index (χ0v) is 5.51. The van der Waals surface area contributed by atoms with Crippen LogP contribution in [0.25, 0.3) is 0 Å². The van der Waals surface area contributed by atoms with E-state index < -0.39 is 15.4 Å². The topological polar surface area (TPSA) is 78.4 Å². The van der Waals surface area contributed by atoms with Crippen molar-refractivity contribution < 1.29 is 26.2 Å². The molecule has 0 fully saturated rings. The number of hydrogen-bond donors (Lipinski definition) is 1. The Bertz CT molecular complexity index is 68.9. The van der Waals surface area contributed by atoms with E-state index in [4.69, 9.17) is 0 Å². The van der Waals surface area contributed by atoms with Gasteiger partial charge in [0.15, 0.2) is 0 Å². The quantitative estimate of drug-likeness (QED) is 0.539. The summed E-state index contributed by atoms with van der Waals surface area (Å²) in [6.07, 6.45) is 0. The van der Waals surface area contributed by atoms with Gasteiger partial charge >= 0.3 is 35.7 Å². The van der Waals surface area contributed by atoms with E-state index >= 15 is 0 Å². The predicted molar refractivity (Wildman–Crippen MR) is 17.2 cm³/mol. The average Bonchev–Trinajstić information content (AvgIpc) is 1.38. The Morgan fingerprint density at radius 2 is 1.67 bits per heavy atom. The van der Waals surface area contributed by atoms with Gasteiger partial charge in [0.25, 0.3) is 0 Å². The van der Waals surface area contributed by atoms with E-state index in [9.17, 15) is 7.35 Å². The van der Waals surface area contributed by atoms with Crippen LogP contribution < -0.4 is 6.15 Å². The Kier molecular flexibility index (Phi) is 8.98. The standard InChI is InChI=1S/H3N.H2OP.2O.V/c;1-2;;;/h1H3;2H2;;;/q;-1;;;+1. The van der Waals surface area contributed by atoms with Crippen LogP contribution in [0.15, 0.2) is 0 Å². The van der Waals surface area contributed by atoms with Crippen LogP contribution in [0.2, 0.25) is 0 Å². The molecule has 4 nitrogen and oxygen atoms in total. The van der Waals surface area contributed by atoms with E-state index in [1.165, 1.54) is 0 Å². The van der Waals surface area contributed by atoms with Gasteiger partial charge in [-0.25, -0.2) is 0 Å². The normalized spacial score (nSPS) is 6.17. The van der Waals surface area contributed by atoms with Crippen molar-refractivity contribution >= 4 is 9.47 Å². The van der Waals surface area contributed by atoms with E-state index in [0.717, 1.165) is 0 Å². The van der Waals surface area contributed by atoms with Crippen LogP contribution in [-0.2, 0) is 26.2 Å². The van der Waals surface area contributed by atoms with Gasteiger partial charge in [-0.15, -0.1) is 0 Å². The van der Waals surface area contributed by atoms with Gasteiger partial charge in [-0.1, -0.05) is 0 Å². The van der Waals surface area contributed by atoms with Gasteiger partial charge in [0, 0.05) is 0 Å². The van der Waals surface area contributed by atoms with Crippen molar-refractivity contribution in [3.63, 3.8) is 0 Å². The molecular weight excluding hydrogens is 144 g/mol. The molecule has 0 bridgehead atoms. The maximum absolute atomic E-state index is 9.24. The molecule has 3 N–H and O–H groups in total. The molecule has 1 atom stereocenters. The Morgan fingerprint density at radius 3 is 1.67 bits per heavy atom. The molecular formula is H5NO3PV. The van der Waals surface area contributed by atoms with Gasteiger partial charge < -0.3 is 6.15 Å². The van der Waals surface area contributed by atoms with Crippen LogP contribution in [-0.4, -0.2) is 0 Å². The number of rotatable bonds is 1. The molecule has 38 valence electrons. The van der Waals surface area contributed by atoms with Crippen molar-refractivity contribution in [1.82, 2.24) is 6.15 Å². The molecule has 0 rings (SSSR count). The van der Waals surface area contributed by atoms with Crippen LogP contribution in [0.5, 0.6) is 0 Å². The summed E-state index contributed by atoms with van der Waals surface area (Å²) >= 11 is -3.24. The Labute approximate surface area is 42.5 Å². The summed E-state index contributed by atoms with van der Waals surface area (Å²) < 4.78 is 22.2. The van der Waals surface area contributed by atoms with Crippen molar-refractivity contribution in [2.24, 2.45) is 0 Å². The summed E-state index contributed by atoms with van der Waals surface area (Å²) in [5, 5.41) is 0. The summed E-state index contributed by atoms with van der Waals surface area (Å²) in [5.41, 5.74) is 0. The summed E-state index contributed by atoms with van der Waals surface area (Å²) in [4.78, 5) is 0. The molecule has 0 radical (unpaired) electrons. The SMILES string of the molecule is N.[O]=[V](=[O])[O]P.